The van der Waals surface area contributed by atoms with Crippen molar-refractivity contribution in [1.29, 1.82) is 0 Å². The van der Waals surface area contributed by atoms with Gasteiger partial charge in [-0.15, -0.1) is 0 Å². The molecule has 1 aromatic carbocycles. The van der Waals surface area contributed by atoms with Gasteiger partial charge in [0.2, 0.25) is 0 Å². The monoisotopic (exact) mass is 295 g/mol. The van der Waals surface area contributed by atoms with Crippen molar-refractivity contribution < 1.29 is 4.74 Å². The molecule has 0 saturated carbocycles. The molecule has 2 N–H and O–H groups in total. The molecule has 0 saturated heterocycles. The highest BCUT2D eigenvalue weighted by Gasteiger charge is 2.01. The van der Waals surface area contributed by atoms with Gasteiger partial charge in [-0.25, -0.2) is 0 Å². The first kappa shape index (κ1) is 12.0. The second-order valence-corrected chi connectivity index (χ2v) is 4.66. The van der Waals surface area contributed by atoms with E-state index in [1.165, 1.54) is 0 Å². The number of benzene rings is 1. The van der Waals surface area contributed by atoms with Gasteiger partial charge in [-0.05, 0) is 25.1 Å². The molecule has 1 heterocycles. The summed E-state index contributed by atoms with van der Waals surface area (Å²) < 4.78 is 8.47. The molecule has 1 aromatic heterocycles. The quantitative estimate of drug-likeness (QED) is 0.943. The number of halogens is 1. The van der Waals surface area contributed by atoms with Crippen LogP contribution < -0.4 is 10.5 Å². The molecule has 0 atom stereocenters. The number of hydrogen-bond acceptors (Lipinski definition) is 3. The van der Waals surface area contributed by atoms with Gasteiger partial charge in [0.1, 0.15) is 18.2 Å². The van der Waals surface area contributed by atoms with Crippen LogP contribution in [0.5, 0.6) is 5.75 Å². The highest BCUT2D eigenvalue weighted by molar-refractivity contribution is 9.10. The lowest BCUT2D eigenvalue weighted by Gasteiger charge is -2.07. The van der Waals surface area contributed by atoms with Gasteiger partial charge in [-0.2, -0.15) is 5.10 Å². The molecule has 0 aliphatic rings. The van der Waals surface area contributed by atoms with Crippen LogP contribution in [-0.4, -0.2) is 16.4 Å². The van der Waals surface area contributed by atoms with Gasteiger partial charge >= 0.3 is 0 Å². The zero-order valence-corrected chi connectivity index (χ0v) is 11.1. The van der Waals surface area contributed by atoms with Crippen LogP contribution >= 0.6 is 15.9 Å². The predicted molar refractivity (Wildman–Crippen MR) is 71.0 cm³/mol. The first-order valence-electron chi connectivity index (χ1n) is 5.33. The van der Waals surface area contributed by atoms with E-state index in [0.717, 1.165) is 15.9 Å². The third-order valence-corrected chi connectivity index (χ3v) is 2.86. The second kappa shape index (κ2) is 5.23. The number of aromatic nitrogens is 2. The van der Waals surface area contributed by atoms with Crippen molar-refractivity contribution in [3.05, 3.63) is 40.5 Å². The number of nitrogens with two attached hydrogens (primary N) is 1. The Morgan fingerprint density at radius 2 is 2.24 bits per heavy atom. The number of ether oxygens (including phenoxy) is 1. The van der Waals surface area contributed by atoms with Gasteiger partial charge in [0.25, 0.3) is 0 Å². The summed E-state index contributed by atoms with van der Waals surface area (Å²) >= 11 is 3.40. The molecular formula is C12H14BrN3O. The maximum Gasteiger partial charge on any atom is 0.145 e. The standard InChI is InChI=1S/C12H14BrN3O/c1-9-7-12(14)15-16(9)5-6-17-11-4-2-3-10(13)8-11/h2-4,7-8H,5-6H2,1H3,(H2,14,15). The van der Waals surface area contributed by atoms with Gasteiger partial charge in [0.15, 0.2) is 0 Å². The SMILES string of the molecule is Cc1cc(N)nn1CCOc1cccc(Br)c1. The summed E-state index contributed by atoms with van der Waals surface area (Å²) in [5, 5.41) is 4.16. The lowest BCUT2D eigenvalue weighted by Crippen LogP contribution is -2.10. The molecule has 5 heteroatoms. The molecule has 2 rings (SSSR count). The molecule has 2 aromatic rings. The number of rotatable bonds is 4. The Bertz CT molecular complexity index is 510. The second-order valence-electron chi connectivity index (χ2n) is 3.74. The number of nitrogens with zero attached hydrogens (tertiary/aromatic N) is 2. The molecule has 17 heavy (non-hydrogen) atoms. The van der Waals surface area contributed by atoms with Crippen molar-refractivity contribution in [2.75, 3.05) is 12.3 Å². The van der Waals surface area contributed by atoms with E-state index < -0.39 is 0 Å². The molecule has 0 radical (unpaired) electrons. The summed E-state index contributed by atoms with van der Waals surface area (Å²) in [5.74, 6) is 1.39. The van der Waals surface area contributed by atoms with Crippen LogP contribution in [0.2, 0.25) is 0 Å². The van der Waals surface area contributed by atoms with E-state index in [4.69, 9.17) is 10.5 Å². The maximum absolute atomic E-state index is 5.62. The van der Waals surface area contributed by atoms with Crippen molar-refractivity contribution in [2.45, 2.75) is 13.5 Å². The first-order chi connectivity index (χ1) is 8.15. The van der Waals surface area contributed by atoms with Gasteiger partial charge < -0.3 is 10.5 Å². The van der Waals surface area contributed by atoms with Gasteiger partial charge in [-0.1, -0.05) is 22.0 Å². The van der Waals surface area contributed by atoms with E-state index >= 15 is 0 Å². The zero-order chi connectivity index (χ0) is 12.3. The molecule has 0 spiro atoms. The Labute approximate surface area is 109 Å². The van der Waals surface area contributed by atoms with E-state index in [1.54, 1.807) is 0 Å². The number of anilines is 1. The fourth-order valence-electron chi connectivity index (χ4n) is 1.57. The minimum Gasteiger partial charge on any atom is -0.492 e. The Balaban J connectivity index is 1.89. The number of aryl methyl sites for hydroxylation is 1. The Hall–Kier alpha value is -1.49. The molecule has 4 nitrogen and oxygen atoms in total. The topological polar surface area (TPSA) is 53.1 Å². The number of hydrogen-bond donors (Lipinski definition) is 1. The van der Waals surface area contributed by atoms with Crippen molar-refractivity contribution in [2.24, 2.45) is 0 Å². The summed E-state index contributed by atoms with van der Waals surface area (Å²) in [5.41, 5.74) is 6.65. The molecule has 0 aliphatic heterocycles. The minimum absolute atomic E-state index is 0.546. The smallest absolute Gasteiger partial charge is 0.145 e. The van der Waals surface area contributed by atoms with Crippen molar-refractivity contribution >= 4 is 21.7 Å². The lowest BCUT2D eigenvalue weighted by atomic mass is 10.3. The van der Waals surface area contributed by atoms with Crippen LogP contribution in [0.3, 0.4) is 0 Å². The largest absolute Gasteiger partial charge is 0.492 e. The fourth-order valence-corrected chi connectivity index (χ4v) is 1.95. The summed E-state index contributed by atoms with van der Waals surface area (Å²) in [7, 11) is 0. The average molecular weight is 296 g/mol. The van der Waals surface area contributed by atoms with E-state index in [1.807, 2.05) is 41.9 Å². The van der Waals surface area contributed by atoms with Gasteiger partial charge in [0.05, 0.1) is 6.54 Å². The molecule has 0 amide bonds. The Morgan fingerprint density at radius 3 is 2.88 bits per heavy atom. The minimum atomic E-state index is 0.546. The van der Waals surface area contributed by atoms with Gasteiger partial charge in [-0.3, -0.25) is 4.68 Å². The highest BCUT2D eigenvalue weighted by Crippen LogP contribution is 2.17. The molecule has 0 bridgehead atoms. The van der Waals surface area contributed by atoms with E-state index in [-0.39, 0.29) is 0 Å². The third-order valence-electron chi connectivity index (χ3n) is 2.37. The predicted octanol–water partition coefficient (Wildman–Crippen LogP) is 2.62. The van der Waals surface area contributed by atoms with Crippen LogP contribution in [0, 0.1) is 6.92 Å². The lowest BCUT2D eigenvalue weighted by molar-refractivity contribution is 0.290. The molecule has 0 unspecified atom stereocenters. The van der Waals surface area contributed by atoms with Gasteiger partial charge in [0, 0.05) is 16.2 Å². The third kappa shape index (κ3) is 3.23. The first-order valence-corrected chi connectivity index (χ1v) is 6.13. The molecule has 0 aliphatic carbocycles. The molecule has 90 valence electrons. The summed E-state index contributed by atoms with van der Waals surface area (Å²) in [6.07, 6.45) is 0. The summed E-state index contributed by atoms with van der Waals surface area (Å²) in [4.78, 5) is 0. The summed E-state index contributed by atoms with van der Waals surface area (Å²) in [6, 6.07) is 9.61. The molecule has 0 fully saturated rings. The summed E-state index contributed by atoms with van der Waals surface area (Å²) in [6.45, 7) is 3.23. The molecular weight excluding hydrogens is 282 g/mol. The Kier molecular flexibility index (Phi) is 3.68. The van der Waals surface area contributed by atoms with E-state index in [2.05, 4.69) is 21.0 Å². The Morgan fingerprint density at radius 1 is 1.41 bits per heavy atom. The van der Waals surface area contributed by atoms with Crippen LogP contribution in [0.4, 0.5) is 5.82 Å². The van der Waals surface area contributed by atoms with E-state index in [0.29, 0.717) is 19.0 Å². The van der Waals surface area contributed by atoms with E-state index in [9.17, 15) is 0 Å². The fraction of sp³-hybridized carbons (Fsp3) is 0.250. The number of nitrogen functional groups attached to an aromatic ring is 1. The normalized spacial score (nSPS) is 10.5. The average Bonchev–Trinajstić information content (AvgIpc) is 2.58. The highest BCUT2D eigenvalue weighted by atomic mass is 79.9. The zero-order valence-electron chi connectivity index (χ0n) is 9.56. The van der Waals surface area contributed by atoms with Crippen LogP contribution in [0.25, 0.3) is 0 Å². The van der Waals surface area contributed by atoms with Crippen molar-refractivity contribution in [3.63, 3.8) is 0 Å². The van der Waals surface area contributed by atoms with Crippen molar-refractivity contribution in [3.8, 4) is 5.75 Å². The van der Waals surface area contributed by atoms with Crippen LogP contribution in [0.15, 0.2) is 34.8 Å². The van der Waals surface area contributed by atoms with Crippen molar-refractivity contribution in [1.82, 2.24) is 9.78 Å². The van der Waals surface area contributed by atoms with Crippen LogP contribution in [-0.2, 0) is 6.54 Å². The maximum atomic E-state index is 5.62. The van der Waals surface area contributed by atoms with Crippen LogP contribution in [0.1, 0.15) is 5.69 Å².